The highest BCUT2D eigenvalue weighted by Crippen LogP contribution is 2.08. The molecule has 0 unspecified atom stereocenters. The Morgan fingerprint density at radius 1 is 1.54 bits per heavy atom. The molecule has 4 heteroatoms. The van der Waals surface area contributed by atoms with E-state index < -0.39 is 5.60 Å². The van der Waals surface area contributed by atoms with E-state index in [2.05, 4.69) is 5.32 Å². The molecule has 0 saturated carbocycles. The molecule has 0 aromatic heterocycles. The van der Waals surface area contributed by atoms with E-state index in [-0.39, 0.29) is 25.0 Å². The van der Waals surface area contributed by atoms with Crippen molar-refractivity contribution in [3.05, 3.63) is 0 Å². The maximum Gasteiger partial charge on any atom is 0.307 e. The molecule has 78 valence electrons. The third-order valence-corrected chi connectivity index (χ3v) is 1.46. The summed E-state index contributed by atoms with van der Waals surface area (Å²) in [6.07, 6.45) is 0.199. The smallest absolute Gasteiger partial charge is 0.307 e. The summed E-state index contributed by atoms with van der Waals surface area (Å²) in [7, 11) is 1.70. The van der Waals surface area contributed by atoms with Gasteiger partial charge in [-0.1, -0.05) is 0 Å². The van der Waals surface area contributed by atoms with Gasteiger partial charge in [0.05, 0.1) is 13.0 Å². The van der Waals surface area contributed by atoms with Crippen molar-refractivity contribution in [1.82, 2.24) is 5.32 Å². The highest BCUT2D eigenvalue weighted by Gasteiger charge is 2.18. The van der Waals surface area contributed by atoms with Crippen LogP contribution in [0, 0.1) is 0 Å². The molecule has 0 radical (unpaired) electrons. The topological polar surface area (TPSA) is 58.6 Å². The van der Waals surface area contributed by atoms with Gasteiger partial charge >= 0.3 is 5.97 Å². The van der Waals surface area contributed by atoms with Crippen molar-refractivity contribution in [3.63, 3.8) is 0 Å². The molecule has 0 aromatic carbocycles. The number of carbonyl (C=O) groups excluding carboxylic acids is 1. The first-order valence-electron chi connectivity index (χ1n) is 4.39. The summed E-state index contributed by atoms with van der Waals surface area (Å²) in [5, 5.41) is 11.6. The zero-order valence-electron chi connectivity index (χ0n) is 8.76. The van der Waals surface area contributed by atoms with Gasteiger partial charge in [0.15, 0.2) is 0 Å². The van der Waals surface area contributed by atoms with Crippen molar-refractivity contribution in [2.24, 2.45) is 0 Å². The lowest BCUT2D eigenvalue weighted by molar-refractivity contribution is -0.155. The molecule has 2 N–H and O–H groups in total. The van der Waals surface area contributed by atoms with Crippen LogP contribution in [0.15, 0.2) is 0 Å². The molecule has 0 aliphatic carbocycles. The van der Waals surface area contributed by atoms with Gasteiger partial charge in [0.1, 0.15) is 5.60 Å². The molecule has 0 fully saturated rings. The molecule has 4 nitrogen and oxygen atoms in total. The van der Waals surface area contributed by atoms with E-state index in [0.29, 0.717) is 0 Å². The summed E-state index contributed by atoms with van der Waals surface area (Å²) in [4.78, 5) is 11.2. The number of hydrogen-bond donors (Lipinski definition) is 2. The van der Waals surface area contributed by atoms with Crippen LogP contribution in [0.2, 0.25) is 0 Å². The molecule has 0 bridgehead atoms. The fourth-order valence-electron chi connectivity index (χ4n) is 0.842. The van der Waals surface area contributed by atoms with Crippen LogP contribution in [0.25, 0.3) is 0 Å². The van der Waals surface area contributed by atoms with Gasteiger partial charge in [0.2, 0.25) is 0 Å². The van der Waals surface area contributed by atoms with Crippen LogP contribution >= 0.6 is 0 Å². The summed E-state index contributed by atoms with van der Waals surface area (Å²) in [6.45, 7) is 5.39. The Hall–Kier alpha value is -0.610. The van der Waals surface area contributed by atoms with E-state index in [1.54, 1.807) is 7.05 Å². The zero-order chi connectivity index (χ0) is 10.5. The standard InChI is InChI=1S/C9H19NO3/c1-9(2,3)13-8(12)5-7(6-11)10-4/h7,10-11H,5-6H2,1-4H3/t7-/m0/s1. The quantitative estimate of drug-likeness (QED) is 0.624. The van der Waals surface area contributed by atoms with Gasteiger partial charge in [0, 0.05) is 6.04 Å². The Balaban J connectivity index is 3.86. The first-order valence-corrected chi connectivity index (χ1v) is 4.39. The van der Waals surface area contributed by atoms with Crippen LogP contribution in [0.1, 0.15) is 27.2 Å². The van der Waals surface area contributed by atoms with Gasteiger partial charge in [-0.15, -0.1) is 0 Å². The Morgan fingerprint density at radius 3 is 2.38 bits per heavy atom. The minimum Gasteiger partial charge on any atom is -0.460 e. The second-order valence-corrected chi connectivity index (χ2v) is 3.96. The fourth-order valence-corrected chi connectivity index (χ4v) is 0.842. The third kappa shape index (κ3) is 6.54. The number of aliphatic hydroxyl groups is 1. The lowest BCUT2D eigenvalue weighted by Crippen LogP contribution is -2.34. The average molecular weight is 189 g/mol. The van der Waals surface area contributed by atoms with Gasteiger partial charge in [-0.25, -0.2) is 0 Å². The van der Waals surface area contributed by atoms with E-state index >= 15 is 0 Å². The molecule has 0 amide bonds. The van der Waals surface area contributed by atoms with E-state index in [4.69, 9.17) is 9.84 Å². The van der Waals surface area contributed by atoms with Crippen LogP contribution in [0.4, 0.5) is 0 Å². The molecule has 0 spiro atoms. The number of rotatable bonds is 4. The summed E-state index contributed by atoms with van der Waals surface area (Å²) in [6, 6.07) is -0.213. The van der Waals surface area contributed by atoms with Crippen LogP contribution < -0.4 is 5.32 Å². The van der Waals surface area contributed by atoms with Crippen molar-refractivity contribution >= 4 is 5.97 Å². The van der Waals surface area contributed by atoms with Crippen molar-refractivity contribution in [3.8, 4) is 0 Å². The van der Waals surface area contributed by atoms with Gasteiger partial charge in [-0.05, 0) is 27.8 Å². The molecule has 0 saturated heterocycles. The second-order valence-electron chi connectivity index (χ2n) is 3.96. The Bertz CT molecular complexity index is 159. The summed E-state index contributed by atoms with van der Waals surface area (Å²) in [5.41, 5.74) is -0.454. The maximum atomic E-state index is 11.2. The molecule has 13 heavy (non-hydrogen) atoms. The Kier molecular flexibility index (Phi) is 4.95. The second kappa shape index (κ2) is 5.19. The van der Waals surface area contributed by atoms with Crippen LogP contribution in [-0.2, 0) is 9.53 Å². The fraction of sp³-hybridized carbons (Fsp3) is 0.889. The monoisotopic (exact) mass is 189 g/mol. The predicted octanol–water partition coefficient (Wildman–Crippen LogP) is 0.298. The highest BCUT2D eigenvalue weighted by molar-refractivity contribution is 5.70. The predicted molar refractivity (Wildman–Crippen MR) is 50.4 cm³/mol. The molecule has 0 aliphatic heterocycles. The molecule has 0 rings (SSSR count). The van der Waals surface area contributed by atoms with Crippen molar-refractivity contribution in [1.29, 1.82) is 0 Å². The van der Waals surface area contributed by atoms with Gasteiger partial charge in [0.25, 0.3) is 0 Å². The molecule has 0 aromatic rings. The van der Waals surface area contributed by atoms with E-state index in [1.165, 1.54) is 0 Å². The summed E-state index contributed by atoms with van der Waals surface area (Å²) >= 11 is 0. The van der Waals surface area contributed by atoms with Crippen molar-refractivity contribution in [2.75, 3.05) is 13.7 Å². The molecule has 1 atom stereocenters. The van der Waals surface area contributed by atoms with Gasteiger partial charge in [-0.2, -0.15) is 0 Å². The number of carbonyl (C=O) groups is 1. The largest absolute Gasteiger partial charge is 0.460 e. The summed E-state index contributed by atoms with van der Waals surface area (Å²) < 4.78 is 5.08. The zero-order valence-corrected chi connectivity index (χ0v) is 8.76. The van der Waals surface area contributed by atoms with Crippen molar-refractivity contribution < 1.29 is 14.6 Å². The van der Waals surface area contributed by atoms with Gasteiger partial charge < -0.3 is 15.2 Å². The molecular weight excluding hydrogens is 170 g/mol. The molecule has 0 aliphatic rings. The van der Waals surface area contributed by atoms with Crippen LogP contribution in [0.3, 0.4) is 0 Å². The number of aliphatic hydroxyl groups excluding tert-OH is 1. The number of ether oxygens (including phenoxy) is 1. The molecular formula is C9H19NO3. The Labute approximate surface area is 79.3 Å². The first-order chi connectivity index (χ1) is 5.89. The Morgan fingerprint density at radius 2 is 2.08 bits per heavy atom. The van der Waals surface area contributed by atoms with Gasteiger partial charge in [-0.3, -0.25) is 4.79 Å². The average Bonchev–Trinajstić information content (AvgIpc) is 1.96. The lowest BCUT2D eigenvalue weighted by Gasteiger charge is -2.21. The van der Waals surface area contributed by atoms with E-state index in [0.717, 1.165) is 0 Å². The summed E-state index contributed by atoms with van der Waals surface area (Å²) in [5.74, 6) is -0.291. The number of likely N-dealkylation sites (N-methyl/N-ethyl adjacent to an activating group) is 1. The minimum atomic E-state index is -0.454. The van der Waals surface area contributed by atoms with Crippen LogP contribution in [-0.4, -0.2) is 36.4 Å². The normalized spacial score (nSPS) is 13.9. The van der Waals surface area contributed by atoms with Crippen LogP contribution in [0.5, 0.6) is 0 Å². The third-order valence-electron chi connectivity index (χ3n) is 1.46. The minimum absolute atomic E-state index is 0.0598. The van der Waals surface area contributed by atoms with Crippen molar-refractivity contribution in [2.45, 2.75) is 38.8 Å². The van der Waals surface area contributed by atoms with E-state index in [1.807, 2.05) is 20.8 Å². The number of nitrogens with one attached hydrogen (secondary N) is 1. The number of esters is 1. The first kappa shape index (κ1) is 12.4. The molecule has 0 heterocycles. The number of hydrogen-bond acceptors (Lipinski definition) is 4. The van der Waals surface area contributed by atoms with E-state index in [9.17, 15) is 4.79 Å². The highest BCUT2D eigenvalue weighted by atomic mass is 16.6. The maximum absolute atomic E-state index is 11.2. The SMILES string of the molecule is CN[C@H](CO)CC(=O)OC(C)(C)C. The lowest BCUT2D eigenvalue weighted by atomic mass is 10.2.